The first-order valence-electron chi connectivity index (χ1n) is 6.68. The number of benzene rings is 2. The van der Waals surface area contributed by atoms with Gasteiger partial charge in [0, 0.05) is 19.3 Å². The molecule has 0 bridgehead atoms. The molecule has 2 rings (SSSR count). The number of hydrogen-bond donors (Lipinski definition) is 1. The van der Waals surface area contributed by atoms with Gasteiger partial charge < -0.3 is 5.32 Å². The molecule has 0 aliphatic rings. The Labute approximate surface area is 120 Å². The Balaban J connectivity index is 2.03. The highest BCUT2D eigenvalue weighted by Gasteiger charge is 2.29. The first-order valence-corrected chi connectivity index (χ1v) is 8.57. The van der Waals surface area contributed by atoms with Crippen molar-refractivity contribution in [2.24, 2.45) is 0 Å². The van der Waals surface area contributed by atoms with E-state index in [1.54, 1.807) is 13.8 Å². The molecule has 0 atom stereocenters. The lowest BCUT2D eigenvalue weighted by Crippen LogP contribution is -2.41. The van der Waals surface area contributed by atoms with Crippen LogP contribution < -0.4 is 5.32 Å². The summed E-state index contributed by atoms with van der Waals surface area (Å²) >= 11 is 0. The van der Waals surface area contributed by atoms with E-state index in [0.717, 1.165) is 5.56 Å². The summed E-state index contributed by atoms with van der Waals surface area (Å²) in [6.07, 6.45) is 1.28. The van der Waals surface area contributed by atoms with E-state index in [4.69, 9.17) is 0 Å². The zero-order valence-corrected chi connectivity index (χ0v) is 13.0. The van der Waals surface area contributed by atoms with Gasteiger partial charge in [-0.1, -0.05) is 36.4 Å². The topological polar surface area (TPSA) is 46.2 Å². The van der Waals surface area contributed by atoms with Gasteiger partial charge in [-0.3, -0.25) is 0 Å². The largest absolute Gasteiger partial charge is 0.311 e. The van der Waals surface area contributed by atoms with Crippen LogP contribution in [0.15, 0.2) is 42.5 Å². The zero-order valence-electron chi connectivity index (χ0n) is 12.2. The highest BCUT2D eigenvalue weighted by molar-refractivity contribution is 7.92. The first kappa shape index (κ1) is 15.0. The summed E-state index contributed by atoms with van der Waals surface area (Å²) in [5.41, 5.74) is 1.16. The van der Waals surface area contributed by atoms with Crippen molar-refractivity contribution in [2.45, 2.75) is 25.1 Å². The average molecular weight is 291 g/mol. The predicted octanol–water partition coefficient (Wildman–Crippen LogP) is 2.75. The normalized spacial score (nSPS) is 12.8. The molecule has 0 aliphatic heterocycles. The van der Waals surface area contributed by atoms with Crippen LogP contribution in [0.4, 0.5) is 0 Å². The van der Waals surface area contributed by atoms with E-state index >= 15 is 0 Å². The fourth-order valence-electron chi connectivity index (χ4n) is 1.99. The fourth-order valence-corrected chi connectivity index (χ4v) is 2.35. The molecule has 2 aromatic rings. The molecule has 2 aromatic carbocycles. The second-order valence-corrected chi connectivity index (χ2v) is 8.47. The van der Waals surface area contributed by atoms with Crippen molar-refractivity contribution in [2.75, 3.05) is 12.8 Å². The van der Waals surface area contributed by atoms with Gasteiger partial charge in [-0.25, -0.2) is 8.42 Å². The minimum absolute atomic E-state index is 0.443. The van der Waals surface area contributed by atoms with Gasteiger partial charge in [0.15, 0.2) is 9.84 Å². The van der Waals surface area contributed by atoms with Crippen LogP contribution in [0.1, 0.15) is 19.4 Å². The number of sulfone groups is 1. The minimum atomic E-state index is -3.05. The van der Waals surface area contributed by atoms with Crippen molar-refractivity contribution < 1.29 is 8.42 Å². The quantitative estimate of drug-likeness (QED) is 0.921. The third-order valence-electron chi connectivity index (χ3n) is 3.70. The number of nitrogens with one attached hydrogen (secondary N) is 1. The van der Waals surface area contributed by atoms with Crippen LogP contribution in [-0.2, 0) is 16.4 Å². The maximum atomic E-state index is 11.6. The van der Waals surface area contributed by atoms with Crippen LogP contribution in [-0.4, -0.2) is 26.0 Å². The molecule has 0 saturated carbocycles. The summed E-state index contributed by atoms with van der Waals surface area (Å²) in [5.74, 6) is 0. The number of rotatable bonds is 5. The lowest BCUT2D eigenvalue weighted by atomic mass is 10.1. The second kappa shape index (κ2) is 5.54. The number of hydrogen-bond acceptors (Lipinski definition) is 3. The third-order valence-corrected chi connectivity index (χ3v) is 5.85. The molecule has 0 amide bonds. The molecule has 108 valence electrons. The lowest BCUT2D eigenvalue weighted by molar-refractivity contribution is 0.521. The highest BCUT2D eigenvalue weighted by atomic mass is 32.2. The van der Waals surface area contributed by atoms with E-state index < -0.39 is 14.6 Å². The molecule has 3 nitrogen and oxygen atoms in total. The van der Waals surface area contributed by atoms with E-state index in [1.807, 2.05) is 12.1 Å². The Bertz CT molecular complexity index is 705. The van der Waals surface area contributed by atoms with Gasteiger partial charge >= 0.3 is 0 Å². The Morgan fingerprint density at radius 2 is 1.70 bits per heavy atom. The van der Waals surface area contributed by atoms with E-state index in [9.17, 15) is 8.42 Å². The van der Waals surface area contributed by atoms with Gasteiger partial charge in [0.25, 0.3) is 0 Å². The molecule has 1 N–H and O–H groups in total. The first-order chi connectivity index (χ1) is 9.29. The SMILES string of the molecule is CC(C)(CNCc1ccc2ccccc2c1)S(C)(=O)=O. The maximum absolute atomic E-state index is 11.6. The molecular formula is C16H21NO2S. The molecule has 0 radical (unpaired) electrons. The molecule has 0 spiro atoms. The Kier molecular flexibility index (Phi) is 4.16. The van der Waals surface area contributed by atoms with Crippen LogP contribution in [0.2, 0.25) is 0 Å². The smallest absolute Gasteiger partial charge is 0.153 e. The predicted molar refractivity (Wildman–Crippen MR) is 84.6 cm³/mol. The molecule has 4 heteroatoms. The van der Waals surface area contributed by atoms with Gasteiger partial charge in [-0.15, -0.1) is 0 Å². The van der Waals surface area contributed by atoms with Gasteiger partial charge in [-0.05, 0) is 36.2 Å². The van der Waals surface area contributed by atoms with Crippen molar-refractivity contribution in [1.82, 2.24) is 5.32 Å². The third kappa shape index (κ3) is 3.38. The van der Waals surface area contributed by atoms with Crippen molar-refractivity contribution >= 4 is 20.6 Å². The van der Waals surface area contributed by atoms with Gasteiger partial charge in [-0.2, -0.15) is 0 Å². The summed E-state index contributed by atoms with van der Waals surface area (Å²) in [6, 6.07) is 14.5. The Hall–Kier alpha value is -1.39. The van der Waals surface area contributed by atoms with Crippen LogP contribution in [0.3, 0.4) is 0 Å². The van der Waals surface area contributed by atoms with Crippen LogP contribution in [0.25, 0.3) is 10.8 Å². The second-order valence-electron chi connectivity index (χ2n) is 5.82. The summed E-state index contributed by atoms with van der Waals surface area (Å²) in [4.78, 5) is 0. The lowest BCUT2D eigenvalue weighted by Gasteiger charge is -2.22. The van der Waals surface area contributed by atoms with E-state index in [0.29, 0.717) is 13.1 Å². The van der Waals surface area contributed by atoms with Crippen LogP contribution in [0.5, 0.6) is 0 Å². The molecule has 0 aromatic heterocycles. The van der Waals surface area contributed by atoms with Crippen molar-refractivity contribution in [3.05, 3.63) is 48.0 Å². The van der Waals surface area contributed by atoms with Crippen LogP contribution >= 0.6 is 0 Å². The number of fused-ring (bicyclic) bond motifs is 1. The Morgan fingerprint density at radius 3 is 2.35 bits per heavy atom. The zero-order chi connectivity index (χ0) is 14.8. The van der Waals surface area contributed by atoms with Crippen molar-refractivity contribution in [3.63, 3.8) is 0 Å². The summed E-state index contributed by atoms with van der Waals surface area (Å²) < 4.78 is 22.5. The van der Waals surface area contributed by atoms with Crippen molar-refractivity contribution in [3.8, 4) is 0 Å². The monoisotopic (exact) mass is 291 g/mol. The Morgan fingerprint density at radius 1 is 1.05 bits per heavy atom. The molecule has 0 saturated heterocycles. The molecular weight excluding hydrogens is 270 g/mol. The van der Waals surface area contributed by atoms with Crippen LogP contribution in [0, 0.1) is 0 Å². The molecule has 0 heterocycles. The molecule has 20 heavy (non-hydrogen) atoms. The highest BCUT2D eigenvalue weighted by Crippen LogP contribution is 2.16. The van der Waals surface area contributed by atoms with E-state index in [2.05, 4.69) is 35.6 Å². The van der Waals surface area contributed by atoms with Crippen molar-refractivity contribution in [1.29, 1.82) is 0 Å². The molecule has 0 unspecified atom stereocenters. The molecule has 0 aliphatic carbocycles. The van der Waals surface area contributed by atoms with Gasteiger partial charge in [0.1, 0.15) is 0 Å². The van der Waals surface area contributed by atoms with E-state index in [1.165, 1.54) is 17.0 Å². The van der Waals surface area contributed by atoms with Gasteiger partial charge in [0.2, 0.25) is 0 Å². The average Bonchev–Trinajstić information content (AvgIpc) is 2.37. The maximum Gasteiger partial charge on any atom is 0.153 e. The van der Waals surface area contributed by atoms with Gasteiger partial charge in [0.05, 0.1) is 4.75 Å². The summed E-state index contributed by atoms with van der Waals surface area (Å²) in [6.45, 7) is 4.61. The summed E-state index contributed by atoms with van der Waals surface area (Å²) in [5, 5.41) is 5.65. The minimum Gasteiger partial charge on any atom is -0.311 e. The fraction of sp³-hybridized carbons (Fsp3) is 0.375. The summed E-state index contributed by atoms with van der Waals surface area (Å²) in [7, 11) is -3.05. The molecule has 0 fully saturated rings. The van der Waals surface area contributed by atoms with E-state index in [-0.39, 0.29) is 0 Å². The standard InChI is InChI=1S/C16H21NO2S/c1-16(2,20(3,18)19)12-17-11-13-8-9-14-6-4-5-7-15(14)10-13/h4-10,17H,11-12H2,1-3H3.